The molecule has 1 saturated heterocycles. The summed E-state index contributed by atoms with van der Waals surface area (Å²) in [5, 5.41) is 8.83. The standard InChI is InChI=1S/C18H16N2O6/c21-13-7-8-14(22)19(13)12-5-1-3-11(4-2-6-17(25)26)18(12)20-15(23)9-10-16(20)24/h1,3,5,9-10H,2,4,6-8H2,(H,25,26). The topological polar surface area (TPSA) is 112 Å². The van der Waals surface area contributed by atoms with E-state index in [9.17, 15) is 24.0 Å². The largest absolute Gasteiger partial charge is 0.481 e. The summed E-state index contributed by atoms with van der Waals surface area (Å²) in [6.45, 7) is 0. The summed E-state index contributed by atoms with van der Waals surface area (Å²) in [6.07, 6.45) is 2.87. The fourth-order valence-electron chi connectivity index (χ4n) is 3.11. The highest BCUT2D eigenvalue weighted by Crippen LogP contribution is 2.38. The van der Waals surface area contributed by atoms with Crippen LogP contribution in [0.2, 0.25) is 0 Å². The van der Waals surface area contributed by atoms with Gasteiger partial charge in [0.2, 0.25) is 11.8 Å². The van der Waals surface area contributed by atoms with Gasteiger partial charge in [-0.3, -0.25) is 24.0 Å². The molecule has 8 nitrogen and oxygen atoms in total. The Morgan fingerprint density at radius 3 is 2.15 bits per heavy atom. The highest BCUT2D eigenvalue weighted by Gasteiger charge is 2.36. The maximum atomic E-state index is 12.2. The van der Waals surface area contributed by atoms with Crippen molar-refractivity contribution in [2.75, 3.05) is 9.80 Å². The summed E-state index contributed by atoms with van der Waals surface area (Å²) in [5.74, 6) is -2.89. The number of carboxylic acids is 1. The van der Waals surface area contributed by atoms with Gasteiger partial charge >= 0.3 is 5.97 Å². The van der Waals surface area contributed by atoms with Crippen molar-refractivity contribution in [1.82, 2.24) is 0 Å². The number of aliphatic carboxylic acids is 1. The molecule has 0 bridgehead atoms. The molecule has 0 spiro atoms. The fourth-order valence-corrected chi connectivity index (χ4v) is 3.11. The minimum absolute atomic E-state index is 0.0711. The lowest BCUT2D eigenvalue weighted by molar-refractivity contribution is -0.137. The van der Waals surface area contributed by atoms with Crippen LogP contribution >= 0.6 is 0 Å². The lowest BCUT2D eigenvalue weighted by Crippen LogP contribution is -2.35. The molecule has 0 aliphatic carbocycles. The molecule has 1 aromatic rings. The third-order valence-electron chi connectivity index (χ3n) is 4.26. The first kappa shape index (κ1) is 17.5. The SMILES string of the molecule is O=C(O)CCCc1cccc(N2C(=O)CCC2=O)c1N1C(=O)C=CC1=O. The number of carbonyl (C=O) groups is 5. The third-order valence-corrected chi connectivity index (χ3v) is 4.26. The molecule has 0 unspecified atom stereocenters. The molecule has 2 aliphatic heterocycles. The molecular formula is C18H16N2O6. The van der Waals surface area contributed by atoms with Crippen molar-refractivity contribution in [2.24, 2.45) is 0 Å². The smallest absolute Gasteiger partial charge is 0.303 e. The summed E-state index contributed by atoms with van der Waals surface area (Å²) >= 11 is 0. The second-order valence-electron chi connectivity index (χ2n) is 6.00. The maximum Gasteiger partial charge on any atom is 0.303 e. The monoisotopic (exact) mass is 356 g/mol. The van der Waals surface area contributed by atoms with Crippen LogP contribution in [0.1, 0.15) is 31.2 Å². The van der Waals surface area contributed by atoms with E-state index in [-0.39, 0.29) is 43.5 Å². The molecule has 8 heteroatoms. The minimum Gasteiger partial charge on any atom is -0.481 e. The van der Waals surface area contributed by atoms with Gasteiger partial charge in [-0.05, 0) is 24.5 Å². The molecule has 0 aromatic heterocycles. The van der Waals surface area contributed by atoms with E-state index >= 15 is 0 Å². The Balaban J connectivity index is 2.07. The van der Waals surface area contributed by atoms with Gasteiger partial charge in [0.15, 0.2) is 0 Å². The predicted octanol–water partition coefficient (Wildman–Crippen LogP) is 1.18. The lowest BCUT2D eigenvalue weighted by atomic mass is 10.0. The number of rotatable bonds is 6. The van der Waals surface area contributed by atoms with Crippen LogP contribution in [0.15, 0.2) is 30.4 Å². The molecule has 134 valence electrons. The zero-order chi connectivity index (χ0) is 18.8. The molecule has 3 rings (SSSR count). The number of carbonyl (C=O) groups excluding carboxylic acids is 4. The Morgan fingerprint density at radius 1 is 0.962 bits per heavy atom. The summed E-state index contributed by atoms with van der Waals surface area (Å²) in [4.78, 5) is 61.4. The number of benzene rings is 1. The number of hydrogen-bond acceptors (Lipinski definition) is 5. The van der Waals surface area contributed by atoms with Crippen molar-refractivity contribution < 1.29 is 29.1 Å². The normalized spacial score (nSPS) is 16.9. The Morgan fingerprint density at radius 2 is 1.58 bits per heavy atom. The van der Waals surface area contributed by atoms with Crippen molar-refractivity contribution in [1.29, 1.82) is 0 Å². The average Bonchev–Trinajstić information content (AvgIpc) is 3.09. The van der Waals surface area contributed by atoms with E-state index in [0.717, 1.165) is 22.0 Å². The number of anilines is 2. The number of para-hydroxylation sites is 1. The molecule has 0 radical (unpaired) electrons. The number of amides is 4. The van der Waals surface area contributed by atoms with E-state index in [0.29, 0.717) is 5.56 Å². The molecule has 0 saturated carbocycles. The van der Waals surface area contributed by atoms with Crippen molar-refractivity contribution in [2.45, 2.75) is 32.1 Å². The van der Waals surface area contributed by atoms with E-state index in [4.69, 9.17) is 5.11 Å². The average molecular weight is 356 g/mol. The maximum absolute atomic E-state index is 12.2. The van der Waals surface area contributed by atoms with Gasteiger partial charge in [0.1, 0.15) is 0 Å². The Labute approximate surface area is 148 Å². The number of hydrogen-bond donors (Lipinski definition) is 1. The fraction of sp³-hybridized carbons (Fsp3) is 0.278. The summed E-state index contributed by atoms with van der Waals surface area (Å²) in [7, 11) is 0. The molecule has 1 fully saturated rings. The lowest BCUT2D eigenvalue weighted by Gasteiger charge is -2.25. The summed E-state index contributed by atoms with van der Waals surface area (Å²) in [5.41, 5.74) is 0.874. The number of aryl methyl sites for hydroxylation is 1. The molecule has 1 N–H and O–H groups in total. The molecule has 2 heterocycles. The van der Waals surface area contributed by atoms with Crippen LogP contribution in [0.4, 0.5) is 11.4 Å². The predicted molar refractivity (Wildman–Crippen MR) is 90.4 cm³/mol. The Kier molecular flexibility index (Phi) is 4.66. The molecule has 26 heavy (non-hydrogen) atoms. The van der Waals surface area contributed by atoms with Crippen molar-refractivity contribution >= 4 is 41.0 Å². The van der Waals surface area contributed by atoms with Gasteiger partial charge in [0.05, 0.1) is 11.4 Å². The minimum atomic E-state index is -0.956. The Hall–Kier alpha value is -3.29. The number of imide groups is 2. The van der Waals surface area contributed by atoms with Crippen LogP contribution in [0.3, 0.4) is 0 Å². The van der Waals surface area contributed by atoms with E-state index in [1.54, 1.807) is 12.1 Å². The first-order valence-corrected chi connectivity index (χ1v) is 8.15. The van der Waals surface area contributed by atoms with Crippen LogP contribution in [-0.4, -0.2) is 34.7 Å². The van der Waals surface area contributed by atoms with E-state index in [2.05, 4.69) is 0 Å². The van der Waals surface area contributed by atoms with Crippen LogP contribution in [0.25, 0.3) is 0 Å². The summed E-state index contributed by atoms with van der Waals surface area (Å²) in [6, 6.07) is 4.78. The van der Waals surface area contributed by atoms with Crippen LogP contribution in [-0.2, 0) is 30.4 Å². The van der Waals surface area contributed by atoms with Gasteiger partial charge in [-0.15, -0.1) is 0 Å². The van der Waals surface area contributed by atoms with Crippen LogP contribution in [0, 0.1) is 0 Å². The molecule has 4 amide bonds. The van der Waals surface area contributed by atoms with E-state index in [1.807, 2.05) is 0 Å². The van der Waals surface area contributed by atoms with Crippen LogP contribution in [0.5, 0.6) is 0 Å². The van der Waals surface area contributed by atoms with Gasteiger partial charge in [-0.1, -0.05) is 12.1 Å². The van der Waals surface area contributed by atoms with Gasteiger partial charge in [-0.25, -0.2) is 9.80 Å². The zero-order valence-corrected chi connectivity index (χ0v) is 13.8. The number of carboxylic acid groups (broad SMARTS) is 1. The van der Waals surface area contributed by atoms with E-state index < -0.39 is 29.6 Å². The van der Waals surface area contributed by atoms with E-state index in [1.165, 1.54) is 6.07 Å². The first-order valence-electron chi connectivity index (χ1n) is 8.15. The molecule has 1 aromatic carbocycles. The van der Waals surface area contributed by atoms with Gasteiger partial charge in [0, 0.05) is 31.4 Å². The second-order valence-corrected chi connectivity index (χ2v) is 6.00. The molecule has 2 aliphatic rings. The third kappa shape index (κ3) is 3.13. The molecular weight excluding hydrogens is 340 g/mol. The van der Waals surface area contributed by atoms with Gasteiger partial charge < -0.3 is 5.11 Å². The number of nitrogens with zero attached hydrogens (tertiary/aromatic N) is 2. The molecule has 0 atom stereocenters. The zero-order valence-electron chi connectivity index (χ0n) is 13.8. The van der Waals surface area contributed by atoms with Gasteiger partial charge in [-0.2, -0.15) is 0 Å². The van der Waals surface area contributed by atoms with Crippen molar-refractivity contribution in [3.63, 3.8) is 0 Å². The van der Waals surface area contributed by atoms with Crippen molar-refractivity contribution in [3.05, 3.63) is 35.9 Å². The Bertz CT molecular complexity index is 823. The van der Waals surface area contributed by atoms with Crippen molar-refractivity contribution in [3.8, 4) is 0 Å². The highest BCUT2D eigenvalue weighted by molar-refractivity contribution is 6.31. The van der Waals surface area contributed by atoms with Crippen LogP contribution < -0.4 is 9.80 Å². The van der Waals surface area contributed by atoms with Gasteiger partial charge in [0.25, 0.3) is 11.8 Å². The first-order chi connectivity index (χ1) is 12.4. The highest BCUT2D eigenvalue weighted by atomic mass is 16.4. The quantitative estimate of drug-likeness (QED) is 0.766. The second kappa shape index (κ2) is 6.91. The summed E-state index contributed by atoms with van der Waals surface area (Å²) < 4.78 is 0.